The molecule has 5 nitrogen and oxygen atoms in total. The third kappa shape index (κ3) is 19.3. The Morgan fingerprint density at radius 3 is 1.57 bits per heavy atom. The zero-order valence-electron chi connectivity index (χ0n) is 23.8. The molecule has 35 heavy (non-hydrogen) atoms. The molecule has 0 aliphatic carbocycles. The summed E-state index contributed by atoms with van der Waals surface area (Å²) < 4.78 is 0. The van der Waals surface area contributed by atoms with Crippen molar-refractivity contribution < 1.29 is 15.3 Å². The Hall–Kier alpha value is -0.460. The summed E-state index contributed by atoms with van der Waals surface area (Å²) >= 11 is 0. The molecule has 0 rings (SSSR count). The molecule has 0 saturated heterocycles. The zero-order valence-corrected chi connectivity index (χ0v) is 23.8. The maximum atomic E-state index is 10.2. The van der Waals surface area contributed by atoms with E-state index >= 15 is 0 Å². The van der Waals surface area contributed by atoms with Crippen molar-refractivity contribution in [2.45, 2.75) is 161 Å². The van der Waals surface area contributed by atoms with E-state index in [2.05, 4.69) is 24.4 Å². The second-order valence-electron chi connectivity index (χ2n) is 11.1. The van der Waals surface area contributed by atoms with Gasteiger partial charge in [-0.05, 0) is 91.1 Å². The lowest BCUT2D eigenvalue weighted by Gasteiger charge is -2.44. The smallest absolute Gasteiger partial charge is 0.0529 e. The lowest BCUT2D eigenvalue weighted by molar-refractivity contribution is 0.0337. The predicted molar refractivity (Wildman–Crippen MR) is 152 cm³/mol. The van der Waals surface area contributed by atoms with Crippen LogP contribution in [0.4, 0.5) is 0 Å². The van der Waals surface area contributed by atoms with Gasteiger partial charge < -0.3 is 26.4 Å². The highest BCUT2D eigenvalue weighted by molar-refractivity contribution is 4.98. The van der Waals surface area contributed by atoms with Crippen molar-refractivity contribution in [2.75, 3.05) is 13.1 Å². The second kappa shape index (κ2) is 22.7. The van der Waals surface area contributed by atoms with Gasteiger partial charge in [0, 0.05) is 5.54 Å². The summed E-state index contributed by atoms with van der Waals surface area (Å²) in [6, 6.07) is 0. The highest BCUT2D eigenvalue weighted by atomic mass is 16.3. The summed E-state index contributed by atoms with van der Waals surface area (Å²) in [5, 5.41) is 34.1. The molecule has 0 amide bonds. The molecule has 0 bridgehead atoms. The van der Waals surface area contributed by atoms with E-state index in [-0.39, 0.29) is 5.92 Å². The number of aliphatic hydroxyl groups is 3. The van der Waals surface area contributed by atoms with E-state index in [0.29, 0.717) is 25.8 Å². The molecular formula is C30H62N2O3. The van der Waals surface area contributed by atoms with E-state index in [1.54, 1.807) is 20.8 Å². The molecule has 4 unspecified atom stereocenters. The summed E-state index contributed by atoms with van der Waals surface area (Å²) in [5.74, 6) is 0.000752. The van der Waals surface area contributed by atoms with Gasteiger partial charge in [0.2, 0.25) is 0 Å². The first-order valence-corrected chi connectivity index (χ1v) is 14.9. The van der Waals surface area contributed by atoms with E-state index in [4.69, 9.17) is 5.73 Å². The van der Waals surface area contributed by atoms with Gasteiger partial charge in [-0.1, -0.05) is 76.9 Å². The minimum atomic E-state index is -0.496. The normalized spacial score (nSPS) is 17.4. The molecule has 0 aromatic heterocycles. The summed E-state index contributed by atoms with van der Waals surface area (Å²) in [4.78, 5) is 0. The van der Waals surface area contributed by atoms with Crippen LogP contribution in [-0.2, 0) is 0 Å². The monoisotopic (exact) mass is 498 g/mol. The predicted octanol–water partition coefficient (Wildman–Crippen LogP) is 6.24. The highest BCUT2D eigenvalue weighted by Crippen LogP contribution is 2.32. The fraction of sp³-hybridized carbons (Fsp3) is 0.933. The maximum Gasteiger partial charge on any atom is 0.0529 e. The van der Waals surface area contributed by atoms with E-state index < -0.39 is 23.9 Å². The van der Waals surface area contributed by atoms with Gasteiger partial charge in [-0.3, -0.25) is 0 Å². The van der Waals surface area contributed by atoms with Crippen molar-refractivity contribution in [2.24, 2.45) is 11.7 Å². The minimum Gasteiger partial charge on any atom is -0.393 e. The average molecular weight is 499 g/mol. The van der Waals surface area contributed by atoms with Crippen molar-refractivity contribution in [1.29, 1.82) is 0 Å². The standard InChI is InChI=1S/C30H62N2O3/c1-5-6-7-8-9-10-11-12-13-14-15-16-17-18-19-20-21-32-30(23-27(3)34,24-28(4)35)29(25-31)22-26(2)33/h12-13,26-29,32-35H,5-11,14-25,31H2,1-4H3. The van der Waals surface area contributed by atoms with Crippen LogP contribution in [0, 0.1) is 5.92 Å². The highest BCUT2D eigenvalue weighted by Gasteiger charge is 2.39. The van der Waals surface area contributed by atoms with E-state index in [1.807, 2.05) is 0 Å². The van der Waals surface area contributed by atoms with Crippen LogP contribution >= 0.6 is 0 Å². The molecule has 0 aromatic carbocycles. The third-order valence-electron chi connectivity index (χ3n) is 7.18. The number of unbranched alkanes of at least 4 members (excludes halogenated alkanes) is 12. The fourth-order valence-corrected chi connectivity index (χ4v) is 5.43. The van der Waals surface area contributed by atoms with Crippen molar-refractivity contribution in [3.63, 3.8) is 0 Å². The first-order valence-electron chi connectivity index (χ1n) is 14.9. The number of nitrogens with two attached hydrogens (primary N) is 1. The summed E-state index contributed by atoms with van der Waals surface area (Å²) in [5.41, 5.74) is 5.64. The molecule has 0 saturated carbocycles. The van der Waals surface area contributed by atoms with Crippen LogP contribution in [0.1, 0.15) is 137 Å². The van der Waals surface area contributed by atoms with Crippen LogP contribution in [-0.4, -0.2) is 52.3 Å². The van der Waals surface area contributed by atoms with E-state index in [0.717, 1.165) is 13.0 Å². The summed E-state index contributed by atoms with van der Waals surface area (Å²) in [6.45, 7) is 8.90. The fourth-order valence-electron chi connectivity index (χ4n) is 5.43. The minimum absolute atomic E-state index is 0.000752. The molecule has 210 valence electrons. The van der Waals surface area contributed by atoms with Gasteiger partial charge in [-0.15, -0.1) is 0 Å². The zero-order chi connectivity index (χ0) is 26.4. The molecule has 0 spiro atoms. The number of hydrogen-bond donors (Lipinski definition) is 5. The van der Waals surface area contributed by atoms with Gasteiger partial charge in [0.1, 0.15) is 0 Å². The number of allylic oxidation sites excluding steroid dienone is 2. The molecule has 0 fully saturated rings. The lowest BCUT2D eigenvalue weighted by Crippen LogP contribution is -2.57. The summed E-state index contributed by atoms with van der Waals surface area (Å²) in [6.07, 6.45) is 23.0. The van der Waals surface area contributed by atoms with E-state index in [1.165, 1.54) is 83.5 Å². The van der Waals surface area contributed by atoms with Crippen LogP contribution in [0.3, 0.4) is 0 Å². The van der Waals surface area contributed by atoms with Crippen molar-refractivity contribution in [3.05, 3.63) is 12.2 Å². The van der Waals surface area contributed by atoms with Gasteiger partial charge in [-0.2, -0.15) is 0 Å². The molecule has 0 heterocycles. The van der Waals surface area contributed by atoms with Gasteiger partial charge in [0.15, 0.2) is 0 Å². The summed E-state index contributed by atoms with van der Waals surface area (Å²) in [7, 11) is 0. The topological polar surface area (TPSA) is 98.7 Å². The Balaban J connectivity index is 4.16. The molecule has 6 N–H and O–H groups in total. The number of nitrogens with one attached hydrogen (secondary N) is 1. The third-order valence-corrected chi connectivity index (χ3v) is 7.18. The van der Waals surface area contributed by atoms with Crippen LogP contribution in [0.25, 0.3) is 0 Å². The van der Waals surface area contributed by atoms with Crippen LogP contribution in [0.5, 0.6) is 0 Å². The Labute approximate surface area is 218 Å². The molecule has 5 heteroatoms. The van der Waals surface area contributed by atoms with Crippen molar-refractivity contribution >= 4 is 0 Å². The maximum absolute atomic E-state index is 10.2. The Morgan fingerprint density at radius 1 is 0.686 bits per heavy atom. The first kappa shape index (κ1) is 34.5. The van der Waals surface area contributed by atoms with Crippen LogP contribution < -0.4 is 11.1 Å². The van der Waals surface area contributed by atoms with Gasteiger partial charge in [0.05, 0.1) is 18.3 Å². The molecule has 0 aromatic rings. The number of aliphatic hydroxyl groups excluding tert-OH is 3. The lowest BCUT2D eigenvalue weighted by atomic mass is 9.73. The quantitative estimate of drug-likeness (QED) is 0.0758. The van der Waals surface area contributed by atoms with Crippen LogP contribution in [0.15, 0.2) is 12.2 Å². The molecule has 0 aliphatic rings. The van der Waals surface area contributed by atoms with Crippen molar-refractivity contribution in [3.8, 4) is 0 Å². The molecule has 4 atom stereocenters. The van der Waals surface area contributed by atoms with Gasteiger partial charge in [-0.25, -0.2) is 0 Å². The van der Waals surface area contributed by atoms with Gasteiger partial charge >= 0.3 is 0 Å². The average Bonchev–Trinajstić information content (AvgIpc) is 2.78. The molecule has 0 radical (unpaired) electrons. The van der Waals surface area contributed by atoms with Crippen molar-refractivity contribution in [1.82, 2.24) is 5.32 Å². The largest absolute Gasteiger partial charge is 0.393 e. The molecule has 0 aliphatic heterocycles. The number of rotatable bonds is 25. The SMILES string of the molecule is CCCCCCCCC=CCCCCCCCCNC(CC(C)O)(CC(C)O)C(CN)CC(C)O. The molecular weight excluding hydrogens is 436 g/mol. The van der Waals surface area contributed by atoms with E-state index in [9.17, 15) is 15.3 Å². The number of hydrogen-bond acceptors (Lipinski definition) is 5. The van der Waals surface area contributed by atoms with Gasteiger partial charge in [0.25, 0.3) is 0 Å². The van der Waals surface area contributed by atoms with Crippen LogP contribution in [0.2, 0.25) is 0 Å². The second-order valence-corrected chi connectivity index (χ2v) is 11.1. The Kier molecular flexibility index (Phi) is 22.4. The Bertz CT molecular complexity index is 470. The first-order chi connectivity index (χ1) is 16.8. The Morgan fingerprint density at radius 2 is 1.14 bits per heavy atom.